The highest BCUT2D eigenvalue weighted by molar-refractivity contribution is 5.73. The zero-order valence-electron chi connectivity index (χ0n) is 10.4. The molecule has 0 heterocycles. The first-order valence-electron chi connectivity index (χ1n) is 5.64. The van der Waals surface area contributed by atoms with Gasteiger partial charge >= 0.3 is 5.97 Å². The van der Waals surface area contributed by atoms with Gasteiger partial charge < -0.3 is 19.9 Å². The third kappa shape index (κ3) is 8.64. The van der Waals surface area contributed by atoms with Crippen LogP contribution in [0.25, 0.3) is 0 Å². The topological polar surface area (TPSA) is 67.8 Å². The van der Waals surface area contributed by atoms with Crippen LogP contribution in [0.2, 0.25) is 0 Å². The number of nitrogens with one attached hydrogen (secondary N) is 1. The van der Waals surface area contributed by atoms with Crippen molar-refractivity contribution in [1.82, 2.24) is 5.32 Å². The Morgan fingerprint density at radius 1 is 1.38 bits per heavy atom. The van der Waals surface area contributed by atoms with E-state index in [0.717, 1.165) is 19.4 Å². The molecule has 0 radical (unpaired) electrons. The van der Waals surface area contributed by atoms with Crippen LogP contribution in [0.5, 0.6) is 0 Å². The summed E-state index contributed by atoms with van der Waals surface area (Å²) >= 11 is 0. The van der Waals surface area contributed by atoms with Crippen molar-refractivity contribution >= 4 is 5.97 Å². The number of carboxylic acid groups (broad SMARTS) is 1. The van der Waals surface area contributed by atoms with Crippen molar-refractivity contribution in [2.45, 2.75) is 38.8 Å². The van der Waals surface area contributed by atoms with Gasteiger partial charge in [-0.25, -0.2) is 0 Å². The Balaban J connectivity index is 3.44. The van der Waals surface area contributed by atoms with Gasteiger partial charge in [0, 0.05) is 13.7 Å². The molecule has 0 aliphatic heterocycles. The van der Waals surface area contributed by atoms with Gasteiger partial charge in [0.05, 0.1) is 12.7 Å². The Bertz CT molecular complexity index is 185. The number of aliphatic carboxylic acids is 1. The molecule has 0 rings (SSSR count). The summed E-state index contributed by atoms with van der Waals surface area (Å²) in [5.74, 6) is -0.875. The second-order valence-electron chi connectivity index (χ2n) is 3.93. The van der Waals surface area contributed by atoms with Crippen LogP contribution in [-0.2, 0) is 14.3 Å². The summed E-state index contributed by atoms with van der Waals surface area (Å²) in [4.78, 5) is 10.7. The maximum atomic E-state index is 10.7. The van der Waals surface area contributed by atoms with E-state index in [4.69, 9.17) is 14.6 Å². The number of rotatable bonds is 10. The van der Waals surface area contributed by atoms with Crippen LogP contribution in [0.3, 0.4) is 0 Å². The van der Waals surface area contributed by atoms with E-state index >= 15 is 0 Å². The van der Waals surface area contributed by atoms with Gasteiger partial charge in [0.25, 0.3) is 0 Å². The highest BCUT2D eigenvalue weighted by Gasteiger charge is 2.15. The summed E-state index contributed by atoms with van der Waals surface area (Å²) in [5, 5.41) is 11.7. The van der Waals surface area contributed by atoms with Crippen LogP contribution in [0, 0.1) is 0 Å². The number of ether oxygens (including phenoxy) is 2. The van der Waals surface area contributed by atoms with Gasteiger partial charge in [-0.05, 0) is 33.2 Å². The number of unbranched alkanes of at least 4 members (excludes halogenated alkanes) is 1. The van der Waals surface area contributed by atoms with Crippen LogP contribution in [0.15, 0.2) is 0 Å². The van der Waals surface area contributed by atoms with Gasteiger partial charge in [-0.15, -0.1) is 0 Å². The van der Waals surface area contributed by atoms with Crippen molar-refractivity contribution < 1.29 is 19.4 Å². The molecule has 5 nitrogen and oxygen atoms in total. The quantitative estimate of drug-likeness (QED) is 0.548. The molecule has 16 heavy (non-hydrogen) atoms. The fraction of sp³-hybridized carbons (Fsp3) is 0.909. The third-order valence-electron chi connectivity index (χ3n) is 2.04. The van der Waals surface area contributed by atoms with Crippen LogP contribution < -0.4 is 5.32 Å². The van der Waals surface area contributed by atoms with Crippen LogP contribution in [0.1, 0.15) is 26.7 Å². The van der Waals surface area contributed by atoms with E-state index in [2.05, 4.69) is 5.32 Å². The lowest BCUT2D eigenvalue weighted by Gasteiger charge is -2.13. The molecular formula is C11H23NO4. The van der Waals surface area contributed by atoms with Crippen LogP contribution in [0.4, 0.5) is 0 Å². The van der Waals surface area contributed by atoms with E-state index in [1.807, 2.05) is 13.8 Å². The number of carbonyl (C=O) groups is 1. The van der Waals surface area contributed by atoms with Gasteiger partial charge in [0.15, 0.2) is 0 Å². The highest BCUT2D eigenvalue weighted by atomic mass is 16.5. The van der Waals surface area contributed by atoms with E-state index in [1.165, 1.54) is 7.11 Å². The van der Waals surface area contributed by atoms with Crippen molar-refractivity contribution in [2.24, 2.45) is 0 Å². The summed E-state index contributed by atoms with van der Waals surface area (Å²) in [6.07, 6.45) is 2.10. The predicted molar refractivity (Wildman–Crippen MR) is 61.6 cm³/mol. The number of methoxy groups -OCH3 is 1. The molecule has 0 bridgehead atoms. The molecule has 1 atom stereocenters. The fourth-order valence-electron chi connectivity index (χ4n) is 1.21. The molecule has 96 valence electrons. The summed E-state index contributed by atoms with van der Waals surface area (Å²) in [6.45, 7) is 5.58. The zero-order valence-corrected chi connectivity index (χ0v) is 10.4. The maximum Gasteiger partial charge on any atom is 0.323 e. The second-order valence-corrected chi connectivity index (χ2v) is 3.93. The van der Waals surface area contributed by atoms with Crippen molar-refractivity contribution in [2.75, 3.05) is 26.9 Å². The van der Waals surface area contributed by atoms with E-state index < -0.39 is 12.0 Å². The van der Waals surface area contributed by atoms with E-state index in [-0.39, 0.29) is 12.7 Å². The van der Waals surface area contributed by atoms with Gasteiger partial charge in [-0.1, -0.05) is 0 Å². The minimum absolute atomic E-state index is 0.192. The molecule has 0 amide bonds. The monoisotopic (exact) mass is 233 g/mol. The van der Waals surface area contributed by atoms with Crippen molar-refractivity contribution in [3.63, 3.8) is 0 Å². The zero-order chi connectivity index (χ0) is 12.4. The molecule has 2 N–H and O–H groups in total. The lowest BCUT2D eigenvalue weighted by molar-refractivity contribution is -0.140. The van der Waals surface area contributed by atoms with Crippen molar-refractivity contribution in [1.29, 1.82) is 0 Å². The number of hydrogen-bond donors (Lipinski definition) is 2. The summed E-state index contributed by atoms with van der Waals surface area (Å²) in [6, 6.07) is -0.615. The number of hydrogen-bond acceptors (Lipinski definition) is 4. The second kappa shape index (κ2) is 9.57. The summed E-state index contributed by atoms with van der Waals surface area (Å²) in [7, 11) is 1.49. The third-order valence-corrected chi connectivity index (χ3v) is 2.04. The van der Waals surface area contributed by atoms with Crippen molar-refractivity contribution in [3.05, 3.63) is 0 Å². The Labute approximate surface area is 97.1 Å². The molecule has 0 aromatic heterocycles. The summed E-state index contributed by atoms with van der Waals surface area (Å²) < 4.78 is 10.2. The SMILES string of the molecule is COCC(NCCCCOC(C)C)C(=O)O. The largest absolute Gasteiger partial charge is 0.480 e. The Kier molecular flexibility index (Phi) is 9.18. The molecule has 0 saturated heterocycles. The van der Waals surface area contributed by atoms with Crippen molar-refractivity contribution in [3.8, 4) is 0 Å². The van der Waals surface area contributed by atoms with E-state index in [1.54, 1.807) is 0 Å². The van der Waals surface area contributed by atoms with Gasteiger partial charge in [-0.3, -0.25) is 4.79 Å². The first-order chi connectivity index (χ1) is 7.57. The van der Waals surface area contributed by atoms with Crippen LogP contribution in [-0.4, -0.2) is 50.1 Å². The van der Waals surface area contributed by atoms with Gasteiger partial charge in [0.1, 0.15) is 6.04 Å². The predicted octanol–water partition coefficient (Wildman–Crippen LogP) is 0.881. The Hall–Kier alpha value is -0.650. The van der Waals surface area contributed by atoms with E-state index in [9.17, 15) is 4.79 Å². The molecule has 0 spiro atoms. The minimum atomic E-state index is -0.875. The molecule has 0 aliphatic rings. The Morgan fingerprint density at radius 2 is 2.06 bits per heavy atom. The smallest absolute Gasteiger partial charge is 0.323 e. The first kappa shape index (κ1) is 15.3. The van der Waals surface area contributed by atoms with Gasteiger partial charge in [0.2, 0.25) is 0 Å². The first-order valence-corrected chi connectivity index (χ1v) is 5.64. The molecule has 5 heteroatoms. The molecule has 0 aliphatic carbocycles. The fourth-order valence-corrected chi connectivity index (χ4v) is 1.21. The molecule has 1 unspecified atom stereocenters. The lowest BCUT2D eigenvalue weighted by atomic mass is 10.2. The number of carboxylic acids is 1. The normalized spacial score (nSPS) is 13.0. The summed E-state index contributed by atoms with van der Waals surface area (Å²) in [5.41, 5.74) is 0. The molecule has 0 aromatic carbocycles. The minimum Gasteiger partial charge on any atom is -0.480 e. The van der Waals surface area contributed by atoms with E-state index in [0.29, 0.717) is 6.54 Å². The standard InChI is InChI=1S/C11H23NO4/c1-9(2)16-7-5-4-6-12-10(8-15-3)11(13)14/h9-10,12H,4-8H2,1-3H3,(H,13,14). The molecular weight excluding hydrogens is 210 g/mol. The molecule has 0 fully saturated rings. The van der Waals surface area contributed by atoms with Crippen LogP contribution >= 0.6 is 0 Å². The molecule has 0 saturated carbocycles. The molecule has 0 aromatic rings. The average Bonchev–Trinajstić information content (AvgIpc) is 2.20. The Morgan fingerprint density at radius 3 is 2.56 bits per heavy atom. The average molecular weight is 233 g/mol. The lowest BCUT2D eigenvalue weighted by Crippen LogP contribution is -2.40. The van der Waals surface area contributed by atoms with Gasteiger partial charge in [-0.2, -0.15) is 0 Å². The highest BCUT2D eigenvalue weighted by Crippen LogP contribution is 1.94. The maximum absolute atomic E-state index is 10.7.